The lowest BCUT2D eigenvalue weighted by atomic mass is 9.82. The number of aliphatic hydroxyl groups excluding tert-OH is 1. The van der Waals surface area contributed by atoms with Crippen LogP contribution in [-0.2, 0) is 23.4 Å². The molecule has 1 aromatic heterocycles. The number of hydrogen-bond acceptors (Lipinski definition) is 7. The van der Waals surface area contributed by atoms with Crippen LogP contribution in [0.2, 0.25) is 0 Å². The summed E-state index contributed by atoms with van der Waals surface area (Å²) in [7, 11) is 0. The van der Waals surface area contributed by atoms with Gasteiger partial charge in [0.2, 0.25) is 0 Å². The molecule has 264 valence electrons. The minimum atomic E-state index is -1.89. The second kappa shape index (κ2) is 15.3. The van der Waals surface area contributed by atoms with Crippen LogP contribution in [0.15, 0.2) is 108 Å². The van der Waals surface area contributed by atoms with E-state index in [2.05, 4.69) is 37.2 Å². The van der Waals surface area contributed by atoms with Crippen molar-refractivity contribution in [2.24, 2.45) is 5.92 Å². The molecule has 10 nitrogen and oxygen atoms in total. The Morgan fingerprint density at radius 1 is 0.961 bits per heavy atom. The Balaban J connectivity index is 1.35. The van der Waals surface area contributed by atoms with E-state index in [1.165, 1.54) is 5.57 Å². The number of benzene rings is 3. The highest BCUT2D eigenvalue weighted by Gasteiger charge is 2.52. The Morgan fingerprint density at radius 2 is 1.73 bits per heavy atom. The van der Waals surface area contributed by atoms with Gasteiger partial charge in [-0.05, 0) is 82.5 Å². The third-order valence-electron chi connectivity index (χ3n) is 9.43. The van der Waals surface area contributed by atoms with Crippen molar-refractivity contribution in [2.75, 3.05) is 23.0 Å². The lowest BCUT2D eigenvalue weighted by molar-refractivity contribution is -0.139. The van der Waals surface area contributed by atoms with E-state index in [-0.39, 0.29) is 12.5 Å². The van der Waals surface area contributed by atoms with Crippen molar-refractivity contribution in [1.82, 2.24) is 15.0 Å². The van der Waals surface area contributed by atoms with Crippen molar-refractivity contribution in [1.29, 1.82) is 0 Å². The summed E-state index contributed by atoms with van der Waals surface area (Å²) in [5.41, 5.74) is 3.76. The predicted octanol–water partition coefficient (Wildman–Crippen LogP) is 7.41. The van der Waals surface area contributed by atoms with E-state index < -0.39 is 17.4 Å². The van der Waals surface area contributed by atoms with Gasteiger partial charge in [0, 0.05) is 49.5 Å². The average molecular weight is 688 g/mol. The van der Waals surface area contributed by atoms with Gasteiger partial charge in [-0.3, -0.25) is 19.2 Å². The normalized spacial score (nSPS) is 17.6. The fraction of sp³-hybridized carbons (Fsp3) is 0.317. The molecule has 51 heavy (non-hydrogen) atoms. The molecular formula is C41H45N5O5. The number of para-hydroxylation sites is 3. The lowest BCUT2D eigenvalue weighted by Gasteiger charge is -2.28. The largest absolute Gasteiger partial charge is 0.454 e. The number of amides is 2. The molecule has 0 saturated carbocycles. The summed E-state index contributed by atoms with van der Waals surface area (Å²) in [6.45, 7) is 8.92. The number of allylic oxidation sites excluding steroid dienone is 4. The summed E-state index contributed by atoms with van der Waals surface area (Å²) in [6.07, 6.45) is 12.7. The van der Waals surface area contributed by atoms with E-state index in [4.69, 9.17) is 4.74 Å². The van der Waals surface area contributed by atoms with Crippen LogP contribution in [0.3, 0.4) is 0 Å². The molecule has 3 aromatic carbocycles. The summed E-state index contributed by atoms with van der Waals surface area (Å²) in [4.78, 5) is 31.8. The van der Waals surface area contributed by atoms with Crippen molar-refractivity contribution >= 4 is 28.9 Å². The maximum absolute atomic E-state index is 14.4. The standard InChI is InChI=1S/C41H45N5O5/c1-28(2)12-11-13-29(3)21-24-45-35-20-19-32(46-36-16-6-8-18-38(36)51-37-17-7-5-15-33(37)39(46)48)26-34(35)41(50,40(45)49)30(4)14-9-10-23-44-27-31(22-25-47)42-43-44/h5-9,12,14-21,26-27,30,47,50H,10-11,13,22-25H2,1-4H3/b14-9+,29-21+/t30-,41+/m0/s1. The summed E-state index contributed by atoms with van der Waals surface area (Å²) in [6, 6.07) is 19.9. The van der Waals surface area contributed by atoms with Crippen molar-refractivity contribution in [2.45, 2.75) is 65.5 Å². The zero-order valence-corrected chi connectivity index (χ0v) is 29.6. The van der Waals surface area contributed by atoms with E-state index in [0.29, 0.717) is 65.6 Å². The molecule has 6 rings (SSSR count). The highest BCUT2D eigenvalue weighted by atomic mass is 16.5. The van der Waals surface area contributed by atoms with Crippen molar-refractivity contribution in [3.8, 4) is 11.5 Å². The van der Waals surface area contributed by atoms with Gasteiger partial charge in [0.1, 0.15) is 5.75 Å². The van der Waals surface area contributed by atoms with Gasteiger partial charge >= 0.3 is 0 Å². The zero-order valence-electron chi connectivity index (χ0n) is 29.6. The lowest BCUT2D eigenvalue weighted by Crippen LogP contribution is -2.44. The first-order chi connectivity index (χ1) is 24.6. The number of aryl methyl sites for hydroxylation is 1. The van der Waals surface area contributed by atoms with Crippen LogP contribution < -0.4 is 14.5 Å². The summed E-state index contributed by atoms with van der Waals surface area (Å²) < 4.78 is 7.92. The third kappa shape index (κ3) is 7.29. The third-order valence-corrected chi connectivity index (χ3v) is 9.43. The topological polar surface area (TPSA) is 121 Å². The average Bonchev–Trinajstić information content (AvgIpc) is 3.62. The van der Waals surface area contributed by atoms with Gasteiger partial charge in [0.25, 0.3) is 11.8 Å². The highest BCUT2D eigenvalue weighted by Crippen LogP contribution is 2.49. The minimum Gasteiger partial charge on any atom is -0.454 e. The first-order valence-electron chi connectivity index (χ1n) is 17.5. The second-order valence-corrected chi connectivity index (χ2v) is 13.4. The SMILES string of the molecule is CC(C)=CCC/C(C)=C/CN1C(=O)[C@@](O)([C@@H](C)/C=C/CCn2cc(CCO)nn2)c2cc(N3C(=O)c4ccccc4Oc4ccccc43)ccc21. The van der Waals surface area contributed by atoms with Crippen LogP contribution in [0, 0.1) is 5.92 Å². The molecule has 2 N–H and O–H groups in total. The van der Waals surface area contributed by atoms with Crippen LogP contribution in [-0.4, -0.2) is 50.2 Å². The number of ether oxygens (including phenoxy) is 1. The molecule has 2 aliphatic rings. The van der Waals surface area contributed by atoms with Crippen molar-refractivity contribution < 1.29 is 24.5 Å². The molecule has 2 atom stereocenters. The van der Waals surface area contributed by atoms with Crippen LogP contribution in [0.25, 0.3) is 0 Å². The van der Waals surface area contributed by atoms with Crippen LogP contribution in [0.1, 0.15) is 68.6 Å². The second-order valence-electron chi connectivity index (χ2n) is 13.4. The summed E-state index contributed by atoms with van der Waals surface area (Å²) >= 11 is 0. The monoisotopic (exact) mass is 687 g/mol. The number of fused-ring (bicyclic) bond motifs is 3. The van der Waals surface area contributed by atoms with Crippen molar-refractivity contribution in [3.05, 3.63) is 125 Å². The molecule has 0 fully saturated rings. The quantitative estimate of drug-likeness (QED) is 0.141. The summed E-state index contributed by atoms with van der Waals surface area (Å²) in [5, 5.41) is 29.9. The minimum absolute atomic E-state index is 0.00763. The number of carbonyl (C=O) groups excluding carboxylic acids is 2. The fourth-order valence-corrected chi connectivity index (χ4v) is 6.58. The number of hydrogen-bond donors (Lipinski definition) is 2. The molecule has 0 spiro atoms. The predicted molar refractivity (Wildman–Crippen MR) is 198 cm³/mol. The molecule has 0 bridgehead atoms. The molecule has 0 saturated heterocycles. The molecule has 2 aliphatic heterocycles. The first kappa shape index (κ1) is 35.5. The molecule has 2 amide bonds. The molecule has 0 aliphatic carbocycles. The van der Waals surface area contributed by atoms with Crippen LogP contribution in [0.4, 0.5) is 17.1 Å². The van der Waals surface area contributed by atoms with Crippen molar-refractivity contribution in [3.63, 3.8) is 0 Å². The number of nitrogens with zero attached hydrogens (tertiary/aromatic N) is 5. The number of anilines is 3. The van der Waals surface area contributed by atoms with E-state index in [0.717, 1.165) is 24.1 Å². The Morgan fingerprint density at radius 3 is 2.51 bits per heavy atom. The highest BCUT2D eigenvalue weighted by molar-refractivity contribution is 6.15. The molecule has 10 heteroatoms. The van der Waals surface area contributed by atoms with Crippen LogP contribution >= 0.6 is 0 Å². The molecule has 0 radical (unpaired) electrons. The summed E-state index contributed by atoms with van der Waals surface area (Å²) in [5.74, 6) is -0.328. The van der Waals surface area contributed by atoms with Gasteiger partial charge in [0.15, 0.2) is 11.4 Å². The van der Waals surface area contributed by atoms with E-state index in [1.807, 2.05) is 67.6 Å². The van der Waals surface area contributed by atoms with Crippen LogP contribution in [0.5, 0.6) is 11.5 Å². The van der Waals surface area contributed by atoms with E-state index >= 15 is 0 Å². The maximum Gasteiger partial charge on any atom is 0.266 e. The Labute approximate surface area is 299 Å². The van der Waals surface area contributed by atoms with Gasteiger partial charge in [0.05, 0.1) is 22.6 Å². The zero-order chi connectivity index (χ0) is 36.1. The number of aliphatic hydroxyl groups is 2. The molecular weight excluding hydrogens is 642 g/mol. The van der Waals surface area contributed by atoms with Gasteiger partial charge < -0.3 is 19.8 Å². The van der Waals surface area contributed by atoms with Gasteiger partial charge in [-0.25, -0.2) is 0 Å². The maximum atomic E-state index is 14.4. The van der Waals surface area contributed by atoms with Gasteiger partial charge in [-0.1, -0.05) is 71.9 Å². The molecule has 0 unspecified atom stereocenters. The smallest absolute Gasteiger partial charge is 0.266 e. The van der Waals surface area contributed by atoms with E-state index in [1.54, 1.807) is 44.9 Å². The first-order valence-corrected chi connectivity index (χ1v) is 17.5. The Hall–Kier alpha value is -5.32. The molecule has 4 aromatic rings. The number of rotatable bonds is 13. The Bertz CT molecular complexity index is 2010. The Kier molecular flexibility index (Phi) is 10.6. The van der Waals surface area contributed by atoms with E-state index in [9.17, 15) is 19.8 Å². The molecule has 3 heterocycles. The number of carbonyl (C=O) groups is 2. The number of aromatic nitrogens is 3. The fourth-order valence-electron chi connectivity index (χ4n) is 6.58. The van der Waals surface area contributed by atoms with Gasteiger partial charge in [-0.15, -0.1) is 5.10 Å². The van der Waals surface area contributed by atoms with Gasteiger partial charge in [-0.2, -0.15) is 0 Å².